The van der Waals surface area contributed by atoms with Crippen LogP contribution in [-0.2, 0) is 22.9 Å². The third kappa shape index (κ3) is 5.24. The molecule has 0 atom stereocenters. The molecule has 0 N–H and O–H groups in total. The van der Waals surface area contributed by atoms with Crippen molar-refractivity contribution in [3.63, 3.8) is 0 Å². The van der Waals surface area contributed by atoms with Crippen molar-refractivity contribution in [1.82, 2.24) is 0 Å². The average Bonchev–Trinajstić information content (AvgIpc) is 2.41. The molecule has 0 aliphatic heterocycles. The van der Waals surface area contributed by atoms with Crippen LogP contribution in [-0.4, -0.2) is 0 Å². The number of benzene rings is 2. The van der Waals surface area contributed by atoms with Gasteiger partial charge < -0.3 is 4.74 Å². The van der Waals surface area contributed by atoms with E-state index < -0.39 is 0 Å². The van der Waals surface area contributed by atoms with Crippen molar-refractivity contribution in [2.24, 2.45) is 0 Å². The average molecular weight is 365 g/mol. The Bertz CT molecular complexity index is 477. The van der Waals surface area contributed by atoms with Crippen LogP contribution in [0.5, 0.6) is 5.75 Å². The van der Waals surface area contributed by atoms with Crippen LogP contribution in [0.25, 0.3) is 0 Å². The summed E-state index contributed by atoms with van der Waals surface area (Å²) in [6, 6.07) is 12.7. The van der Waals surface area contributed by atoms with E-state index in [-0.39, 0.29) is 18.2 Å². The molecular weight excluding hydrogens is 355 g/mol. The van der Waals surface area contributed by atoms with Gasteiger partial charge >= 0.3 is 30.0 Å². The fourth-order valence-electron chi connectivity index (χ4n) is 1.24. The van der Waals surface area contributed by atoms with E-state index in [9.17, 15) is 8.78 Å². The monoisotopic (exact) mass is 362 g/mol. The number of hydrogen-bond acceptors (Lipinski definition) is 1. The van der Waals surface area contributed by atoms with E-state index in [4.69, 9.17) is 4.74 Å². The Hall–Kier alpha value is -0.797. The standard InChI is InChI=1S/C13H9F2O.BrH.Zn/c14-11-6-4-10(5-7-11)9-16-13-3-1-2-12(15)8-13;;/h1-2,4-8H,9H2;1H;/q-1;;+2/p-1. The van der Waals surface area contributed by atoms with Gasteiger partial charge in [0.15, 0.2) is 0 Å². The predicted octanol–water partition coefficient (Wildman–Crippen LogP) is 4.19. The maximum absolute atomic E-state index is 12.8. The summed E-state index contributed by atoms with van der Waals surface area (Å²) in [5.41, 5.74) is 0.819. The zero-order chi connectivity index (χ0) is 13.4. The van der Waals surface area contributed by atoms with Gasteiger partial charge in [0.2, 0.25) is 0 Å². The molecule has 0 spiro atoms. The Kier molecular flexibility index (Phi) is 7.06. The quantitative estimate of drug-likeness (QED) is 0.586. The maximum atomic E-state index is 12.8. The van der Waals surface area contributed by atoms with Crippen molar-refractivity contribution in [1.29, 1.82) is 0 Å². The molecule has 90 valence electrons. The molecule has 2 rings (SSSR count). The van der Waals surface area contributed by atoms with Crippen molar-refractivity contribution in [2.45, 2.75) is 6.61 Å². The second-order valence-electron chi connectivity index (χ2n) is 3.29. The first-order valence-electron chi connectivity index (χ1n) is 5.05. The molecule has 0 saturated carbocycles. The van der Waals surface area contributed by atoms with Crippen LogP contribution in [0.1, 0.15) is 5.56 Å². The van der Waals surface area contributed by atoms with Gasteiger partial charge in [-0.15, -0.1) is 12.1 Å². The SMILES string of the molecule is Fc1ccc(COc2[c-]ccc(F)c2)cc1.[Zn+][Br]. The first kappa shape index (κ1) is 15.3. The molecule has 1 nitrogen and oxygen atoms in total. The van der Waals surface area contributed by atoms with Gasteiger partial charge in [0.1, 0.15) is 12.4 Å². The molecule has 0 aromatic heterocycles. The normalized spacial score (nSPS) is 9.39. The first-order valence-corrected chi connectivity index (χ1v) is 12.0. The molecule has 0 bridgehead atoms. The molecule has 0 amide bonds. The summed E-state index contributed by atoms with van der Waals surface area (Å²) in [5, 5.41) is 0. The van der Waals surface area contributed by atoms with E-state index in [0.29, 0.717) is 5.75 Å². The van der Waals surface area contributed by atoms with Crippen LogP contribution in [0, 0.1) is 17.7 Å². The summed E-state index contributed by atoms with van der Waals surface area (Å²) < 4.78 is 30.7. The van der Waals surface area contributed by atoms with Crippen LogP contribution in [0.3, 0.4) is 0 Å². The molecule has 0 aliphatic rings. The molecule has 5 heteroatoms. The molecule has 2 aromatic carbocycles. The third-order valence-corrected chi connectivity index (χ3v) is 2.04. The summed E-state index contributed by atoms with van der Waals surface area (Å²) in [7, 11) is 0. The molecule has 2 aromatic rings. The van der Waals surface area contributed by atoms with E-state index >= 15 is 0 Å². The minimum absolute atomic E-state index is 0.264. The van der Waals surface area contributed by atoms with Gasteiger partial charge in [-0.25, -0.2) is 8.78 Å². The summed E-state index contributed by atoms with van der Waals surface area (Å²) in [6.45, 7) is 0.264. The van der Waals surface area contributed by atoms with Gasteiger partial charge in [-0.3, -0.25) is 0 Å². The predicted molar refractivity (Wildman–Crippen MR) is 64.9 cm³/mol. The van der Waals surface area contributed by atoms with Gasteiger partial charge in [-0.1, -0.05) is 18.2 Å². The van der Waals surface area contributed by atoms with Crippen LogP contribution >= 0.6 is 13.6 Å². The summed E-state index contributed by atoms with van der Waals surface area (Å²) in [6.07, 6.45) is 0. The summed E-state index contributed by atoms with van der Waals surface area (Å²) in [4.78, 5) is 0. The number of halogens is 3. The van der Waals surface area contributed by atoms with Crippen LogP contribution in [0.4, 0.5) is 8.78 Å². The molecule has 18 heavy (non-hydrogen) atoms. The molecule has 0 unspecified atom stereocenters. The van der Waals surface area contributed by atoms with Gasteiger partial charge in [-0.2, -0.15) is 6.07 Å². The second kappa shape index (κ2) is 8.33. The Morgan fingerprint density at radius 2 is 1.72 bits per heavy atom. The Morgan fingerprint density at radius 3 is 2.33 bits per heavy atom. The van der Waals surface area contributed by atoms with Gasteiger partial charge in [0, 0.05) is 11.6 Å². The molecule has 0 saturated heterocycles. The Balaban J connectivity index is 0.000000771. The number of rotatable bonds is 3. The van der Waals surface area contributed by atoms with Gasteiger partial charge in [0.25, 0.3) is 0 Å². The van der Waals surface area contributed by atoms with E-state index in [1.165, 1.54) is 46.7 Å². The van der Waals surface area contributed by atoms with E-state index in [1.807, 2.05) is 0 Å². The fraction of sp³-hybridized carbons (Fsp3) is 0.0769. The summed E-state index contributed by atoms with van der Waals surface area (Å²) in [5.74, 6) is -0.321. The molecule has 0 heterocycles. The van der Waals surface area contributed by atoms with E-state index in [0.717, 1.165) is 5.56 Å². The first-order chi connectivity index (χ1) is 8.74. The van der Waals surface area contributed by atoms with Crippen LogP contribution in [0.2, 0.25) is 0 Å². The number of hydrogen-bond donors (Lipinski definition) is 0. The molecule has 0 aliphatic carbocycles. The fourth-order valence-corrected chi connectivity index (χ4v) is 1.24. The Labute approximate surface area is 121 Å². The Morgan fingerprint density at radius 1 is 1.06 bits per heavy atom. The van der Waals surface area contributed by atoms with Crippen molar-refractivity contribution in [3.05, 3.63) is 65.7 Å². The zero-order valence-electron chi connectivity index (χ0n) is 9.50. The van der Waals surface area contributed by atoms with Crippen LogP contribution < -0.4 is 4.74 Å². The van der Waals surface area contributed by atoms with Crippen molar-refractivity contribution in [3.8, 4) is 5.75 Å². The zero-order valence-corrected chi connectivity index (χ0v) is 14.1. The second-order valence-corrected chi connectivity index (χ2v) is 3.29. The van der Waals surface area contributed by atoms with Crippen molar-refractivity contribution in [2.75, 3.05) is 0 Å². The molecule has 0 fully saturated rings. The van der Waals surface area contributed by atoms with E-state index in [1.54, 1.807) is 12.1 Å². The summed E-state index contributed by atoms with van der Waals surface area (Å²) >= 11 is 4.25. The van der Waals surface area contributed by atoms with Crippen molar-refractivity contribution < 1.29 is 29.9 Å². The van der Waals surface area contributed by atoms with Crippen molar-refractivity contribution >= 4 is 13.6 Å². The molecule has 0 radical (unpaired) electrons. The number of ether oxygens (including phenoxy) is 1. The minimum atomic E-state index is -0.368. The topological polar surface area (TPSA) is 9.23 Å². The van der Waals surface area contributed by atoms with Gasteiger partial charge in [-0.05, 0) is 17.7 Å². The third-order valence-electron chi connectivity index (χ3n) is 2.04. The van der Waals surface area contributed by atoms with Crippen LogP contribution in [0.15, 0.2) is 42.5 Å². The molecular formula is C13H9BrF2OZn. The van der Waals surface area contributed by atoms with E-state index in [2.05, 4.69) is 19.7 Å². The van der Waals surface area contributed by atoms with Gasteiger partial charge in [0.05, 0.1) is 0 Å².